The first-order valence-electron chi connectivity index (χ1n) is 5.71. The number of rotatable bonds is 6. The first-order chi connectivity index (χ1) is 9.06. The minimum Gasteiger partial charge on any atom is -0.469 e. The molecule has 1 aromatic carbocycles. The Balaban J connectivity index is 2.66. The molecular formula is C13H15BrClNO3. The number of esters is 1. The van der Waals surface area contributed by atoms with Crippen molar-refractivity contribution in [3.63, 3.8) is 0 Å². The van der Waals surface area contributed by atoms with Crippen molar-refractivity contribution >= 4 is 39.4 Å². The topological polar surface area (TPSA) is 55.4 Å². The summed E-state index contributed by atoms with van der Waals surface area (Å²) in [7, 11) is 1.34. The Morgan fingerprint density at radius 1 is 1.37 bits per heavy atom. The summed E-state index contributed by atoms with van der Waals surface area (Å²) < 4.78 is 4.75. The fourth-order valence-electron chi connectivity index (χ4n) is 1.59. The van der Waals surface area contributed by atoms with E-state index in [-0.39, 0.29) is 23.8 Å². The molecule has 0 saturated heterocycles. The van der Waals surface area contributed by atoms with E-state index in [0.29, 0.717) is 11.4 Å². The number of nitrogens with one attached hydrogen (secondary N) is 1. The molecule has 19 heavy (non-hydrogen) atoms. The van der Waals surface area contributed by atoms with Gasteiger partial charge in [-0.2, -0.15) is 0 Å². The number of halogens is 2. The molecule has 6 heteroatoms. The van der Waals surface area contributed by atoms with Gasteiger partial charge in [0, 0.05) is 11.6 Å². The van der Waals surface area contributed by atoms with Gasteiger partial charge in [-0.25, -0.2) is 0 Å². The van der Waals surface area contributed by atoms with Gasteiger partial charge in [-0.15, -0.1) is 0 Å². The van der Waals surface area contributed by atoms with Gasteiger partial charge in [0.2, 0.25) is 5.91 Å². The van der Waals surface area contributed by atoms with Crippen molar-refractivity contribution in [1.82, 2.24) is 5.32 Å². The Kier molecular flexibility index (Phi) is 6.87. The number of hydrogen-bond acceptors (Lipinski definition) is 3. The predicted octanol–water partition coefficient (Wildman–Crippen LogP) is 2.18. The number of hydrogen-bond donors (Lipinski definition) is 1. The number of ether oxygens (including phenoxy) is 1. The molecule has 0 bridgehead atoms. The van der Waals surface area contributed by atoms with Crippen LogP contribution in [-0.4, -0.2) is 30.9 Å². The normalized spacial score (nSPS) is 11.7. The van der Waals surface area contributed by atoms with Crippen LogP contribution in [0.5, 0.6) is 0 Å². The lowest BCUT2D eigenvalue weighted by Crippen LogP contribution is -2.35. The van der Waals surface area contributed by atoms with Gasteiger partial charge in [0.25, 0.3) is 0 Å². The van der Waals surface area contributed by atoms with Gasteiger partial charge in [-0.3, -0.25) is 9.59 Å². The van der Waals surface area contributed by atoms with Gasteiger partial charge in [0.1, 0.15) is 0 Å². The summed E-state index contributed by atoms with van der Waals surface area (Å²) in [6.07, 6.45) is 0.492. The second-order valence-electron chi connectivity index (χ2n) is 3.99. The van der Waals surface area contributed by atoms with Crippen molar-refractivity contribution in [1.29, 1.82) is 0 Å². The average Bonchev–Trinajstić information content (AvgIpc) is 2.44. The molecule has 1 N–H and O–H groups in total. The highest BCUT2D eigenvalue weighted by molar-refractivity contribution is 9.09. The van der Waals surface area contributed by atoms with Gasteiger partial charge >= 0.3 is 5.97 Å². The van der Waals surface area contributed by atoms with E-state index >= 15 is 0 Å². The summed E-state index contributed by atoms with van der Waals surface area (Å²) >= 11 is 8.86. The predicted molar refractivity (Wildman–Crippen MR) is 77.5 cm³/mol. The van der Waals surface area contributed by atoms with Crippen LogP contribution in [-0.2, 0) is 20.7 Å². The van der Waals surface area contributed by atoms with Gasteiger partial charge in [-0.05, 0) is 24.1 Å². The number of carbonyl (C=O) groups is 2. The van der Waals surface area contributed by atoms with Gasteiger partial charge in [0.05, 0.1) is 18.4 Å². The maximum atomic E-state index is 11.7. The third kappa shape index (κ3) is 5.61. The molecule has 0 aliphatic heterocycles. The molecule has 1 atom stereocenters. The van der Waals surface area contributed by atoms with Crippen molar-refractivity contribution in [2.75, 3.05) is 19.0 Å². The lowest BCUT2D eigenvalue weighted by atomic mass is 9.99. The zero-order valence-corrected chi connectivity index (χ0v) is 12.8. The monoisotopic (exact) mass is 347 g/mol. The van der Waals surface area contributed by atoms with Crippen LogP contribution >= 0.6 is 27.5 Å². The van der Waals surface area contributed by atoms with E-state index in [1.54, 1.807) is 12.1 Å². The zero-order valence-electron chi connectivity index (χ0n) is 10.5. The van der Waals surface area contributed by atoms with E-state index in [1.165, 1.54) is 7.11 Å². The van der Waals surface area contributed by atoms with E-state index in [0.717, 1.165) is 5.56 Å². The summed E-state index contributed by atoms with van der Waals surface area (Å²) in [6.45, 7) is 0.250. The maximum absolute atomic E-state index is 11.7. The summed E-state index contributed by atoms with van der Waals surface area (Å²) in [5.41, 5.74) is 0.966. The molecule has 1 aromatic rings. The molecule has 0 spiro atoms. The van der Waals surface area contributed by atoms with Crippen molar-refractivity contribution < 1.29 is 14.3 Å². The zero-order chi connectivity index (χ0) is 14.3. The summed E-state index contributed by atoms with van der Waals surface area (Å²) in [4.78, 5) is 22.9. The van der Waals surface area contributed by atoms with Crippen molar-refractivity contribution in [2.45, 2.75) is 6.42 Å². The molecule has 0 unspecified atom stereocenters. The van der Waals surface area contributed by atoms with Crippen LogP contribution in [0, 0.1) is 5.92 Å². The molecule has 104 valence electrons. The molecule has 0 radical (unpaired) electrons. The van der Waals surface area contributed by atoms with E-state index in [2.05, 4.69) is 21.2 Å². The summed E-state index contributed by atoms with van der Waals surface area (Å²) in [6, 6.07) is 7.24. The quantitative estimate of drug-likeness (QED) is 0.633. The second-order valence-corrected chi connectivity index (χ2v) is 4.99. The molecule has 1 rings (SSSR count). The Labute approximate surface area is 125 Å². The number of benzene rings is 1. The van der Waals surface area contributed by atoms with E-state index in [4.69, 9.17) is 16.3 Å². The first kappa shape index (κ1) is 16.0. The van der Waals surface area contributed by atoms with Gasteiger partial charge in [0.15, 0.2) is 0 Å². The molecule has 0 saturated carbocycles. The van der Waals surface area contributed by atoms with Crippen LogP contribution < -0.4 is 5.32 Å². The maximum Gasteiger partial charge on any atom is 0.310 e. The lowest BCUT2D eigenvalue weighted by molar-refractivity contribution is -0.145. The molecule has 0 heterocycles. The fourth-order valence-corrected chi connectivity index (χ4v) is 1.92. The SMILES string of the molecule is COC(=O)[C@@H](CNC(=O)CBr)Cc1ccc(Cl)cc1. The van der Waals surface area contributed by atoms with Crippen molar-refractivity contribution in [3.8, 4) is 0 Å². The summed E-state index contributed by atoms with van der Waals surface area (Å²) in [5, 5.41) is 3.52. The third-order valence-corrected chi connectivity index (χ3v) is 3.36. The Morgan fingerprint density at radius 2 is 2.00 bits per heavy atom. The van der Waals surface area contributed by atoms with Crippen LogP contribution in [0.3, 0.4) is 0 Å². The van der Waals surface area contributed by atoms with Crippen LogP contribution in [0.4, 0.5) is 0 Å². The van der Waals surface area contributed by atoms with Crippen molar-refractivity contribution in [2.24, 2.45) is 5.92 Å². The van der Waals surface area contributed by atoms with Crippen LogP contribution in [0.25, 0.3) is 0 Å². The van der Waals surface area contributed by atoms with Crippen LogP contribution in [0.1, 0.15) is 5.56 Å². The van der Waals surface area contributed by atoms with E-state index < -0.39 is 5.92 Å². The minimum absolute atomic E-state index is 0.162. The van der Waals surface area contributed by atoms with Crippen LogP contribution in [0.2, 0.25) is 5.02 Å². The lowest BCUT2D eigenvalue weighted by Gasteiger charge is -2.15. The highest BCUT2D eigenvalue weighted by Crippen LogP contribution is 2.14. The largest absolute Gasteiger partial charge is 0.469 e. The highest BCUT2D eigenvalue weighted by atomic mass is 79.9. The molecule has 4 nitrogen and oxygen atoms in total. The minimum atomic E-state index is -0.408. The summed E-state index contributed by atoms with van der Waals surface area (Å²) in [5.74, 6) is -0.913. The van der Waals surface area contributed by atoms with Crippen LogP contribution in [0.15, 0.2) is 24.3 Å². The number of carbonyl (C=O) groups excluding carboxylic acids is 2. The van der Waals surface area contributed by atoms with E-state index in [9.17, 15) is 9.59 Å². The molecule has 0 aliphatic carbocycles. The fraction of sp³-hybridized carbons (Fsp3) is 0.385. The van der Waals surface area contributed by atoms with Gasteiger partial charge in [-0.1, -0.05) is 39.7 Å². The number of amides is 1. The number of alkyl halides is 1. The molecule has 1 amide bonds. The Hall–Kier alpha value is -1.07. The molecular weight excluding hydrogens is 334 g/mol. The molecule has 0 aromatic heterocycles. The van der Waals surface area contributed by atoms with E-state index in [1.807, 2.05) is 12.1 Å². The standard InChI is InChI=1S/C13H15BrClNO3/c1-19-13(18)10(8-16-12(17)7-14)6-9-2-4-11(15)5-3-9/h2-5,10H,6-8H2,1H3,(H,16,17)/t10-/m1/s1. The molecule has 0 aliphatic rings. The van der Waals surface area contributed by atoms with Crippen molar-refractivity contribution in [3.05, 3.63) is 34.9 Å². The Morgan fingerprint density at radius 3 is 2.53 bits per heavy atom. The molecule has 0 fully saturated rings. The first-order valence-corrected chi connectivity index (χ1v) is 7.21. The van der Waals surface area contributed by atoms with Gasteiger partial charge < -0.3 is 10.1 Å². The highest BCUT2D eigenvalue weighted by Gasteiger charge is 2.20. The third-order valence-electron chi connectivity index (χ3n) is 2.60. The average molecular weight is 349 g/mol. The number of methoxy groups -OCH3 is 1. The second kappa shape index (κ2) is 8.17. The smallest absolute Gasteiger partial charge is 0.310 e. The Bertz CT molecular complexity index is 436.